The van der Waals surface area contributed by atoms with Crippen molar-refractivity contribution in [1.29, 1.82) is 0 Å². The highest BCUT2D eigenvalue weighted by atomic mass is 32.1. The smallest absolute Gasteiger partial charge is 0.344 e. The minimum Gasteiger partial charge on any atom is -0.505 e. The van der Waals surface area contributed by atoms with Crippen molar-refractivity contribution in [3.8, 4) is 5.75 Å². The molecule has 0 saturated heterocycles. The third-order valence-electron chi connectivity index (χ3n) is 2.98. The summed E-state index contributed by atoms with van der Waals surface area (Å²) < 4.78 is 5.05. The van der Waals surface area contributed by atoms with E-state index in [-0.39, 0.29) is 17.9 Å². The number of carbonyl (C=O) groups excluding carboxylic acids is 1. The molecular weight excluding hydrogens is 312 g/mol. The molecule has 0 amide bonds. The molecule has 0 aliphatic carbocycles. The molecule has 0 aliphatic heterocycles. The lowest BCUT2D eigenvalue weighted by Gasteiger charge is -2.07. The van der Waals surface area contributed by atoms with Gasteiger partial charge >= 0.3 is 5.97 Å². The molecule has 5 nitrogen and oxygen atoms in total. The number of nitrogens with zero attached hydrogens (tertiary/aromatic N) is 1. The van der Waals surface area contributed by atoms with Crippen LogP contribution < -0.4 is 5.32 Å². The van der Waals surface area contributed by atoms with E-state index in [1.165, 1.54) is 11.3 Å². The van der Waals surface area contributed by atoms with Crippen molar-refractivity contribution < 1.29 is 14.6 Å². The van der Waals surface area contributed by atoms with Crippen molar-refractivity contribution in [2.45, 2.75) is 20.3 Å². The minimum atomic E-state index is -0.546. The molecule has 2 rings (SSSR count). The van der Waals surface area contributed by atoms with Gasteiger partial charge in [0.2, 0.25) is 0 Å². The standard InChI is InChI=1S/C17H20N2O3S/c1-3-10-18-11-13-15(20)14(17(21)22-4-2)16(23-13)19-12-8-6-5-7-9-12/h5-9,11,19-20H,3-4,10H2,1-2H3. The highest BCUT2D eigenvalue weighted by molar-refractivity contribution is 7.18. The Morgan fingerprint density at radius 1 is 1.35 bits per heavy atom. The fourth-order valence-electron chi connectivity index (χ4n) is 1.94. The largest absolute Gasteiger partial charge is 0.505 e. The first-order valence-electron chi connectivity index (χ1n) is 7.52. The molecule has 1 aromatic carbocycles. The zero-order valence-corrected chi connectivity index (χ0v) is 14.0. The quantitative estimate of drug-likeness (QED) is 0.589. The van der Waals surface area contributed by atoms with E-state index in [0.717, 1.165) is 12.1 Å². The normalized spacial score (nSPS) is 10.9. The van der Waals surface area contributed by atoms with Gasteiger partial charge in [0.1, 0.15) is 10.6 Å². The second-order valence-corrected chi connectivity index (χ2v) is 5.82. The molecule has 6 heteroatoms. The number of hydrogen-bond donors (Lipinski definition) is 2. The van der Waals surface area contributed by atoms with Gasteiger partial charge in [-0.3, -0.25) is 4.99 Å². The summed E-state index contributed by atoms with van der Waals surface area (Å²) in [6.07, 6.45) is 2.52. The van der Waals surface area contributed by atoms with Gasteiger partial charge in [0.15, 0.2) is 5.75 Å². The maximum atomic E-state index is 12.2. The number of ether oxygens (including phenoxy) is 1. The first kappa shape index (κ1) is 17.0. The Morgan fingerprint density at radius 3 is 2.74 bits per heavy atom. The molecule has 0 bridgehead atoms. The number of nitrogens with one attached hydrogen (secondary N) is 1. The Balaban J connectivity index is 2.37. The van der Waals surface area contributed by atoms with E-state index < -0.39 is 5.97 Å². The van der Waals surface area contributed by atoms with Gasteiger partial charge in [-0.2, -0.15) is 0 Å². The topological polar surface area (TPSA) is 70.9 Å². The molecule has 2 N–H and O–H groups in total. The van der Waals surface area contributed by atoms with Crippen LogP contribution in [0.15, 0.2) is 35.3 Å². The van der Waals surface area contributed by atoms with Crippen molar-refractivity contribution in [2.24, 2.45) is 4.99 Å². The van der Waals surface area contributed by atoms with Gasteiger partial charge in [0.05, 0.1) is 11.5 Å². The highest BCUT2D eigenvalue weighted by Crippen LogP contribution is 2.39. The molecule has 122 valence electrons. The van der Waals surface area contributed by atoms with Crippen LogP contribution in [0.2, 0.25) is 0 Å². The molecule has 0 aliphatic rings. The summed E-state index contributed by atoms with van der Waals surface area (Å²) in [5.41, 5.74) is 0.981. The van der Waals surface area contributed by atoms with E-state index in [0.29, 0.717) is 16.4 Å². The zero-order valence-electron chi connectivity index (χ0n) is 13.2. The summed E-state index contributed by atoms with van der Waals surface area (Å²) in [7, 11) is 0. The number of benzene rings is 1. The summed E-state index contributed by atoms with van der Waals surface area (Å²) in [5, 5.41) is 14.1. The van der Waals surface area contributed by atoms with E-state index in [1.807, 2.05) is 37.3 Å². The maximum Gasteiger partial charge on any atom is 0.344 e. The Labute approximate surface area is 139 Å². The number of aliphatic imine (C=N–C) groups is 1. The van der Waals surface area contributed by atoms with Gasteiger partial charge in [0.25, 0.3) is 0 Å². The molecule has 0 spiro atoms. The maximum absolute atomic E-state index is 12.2. The Morgan fingerprint density at radius 2 is 2.09 bits per heavy atom. The van der Waals surface area contributed by atoms with Crippen LogP contribution in [0.5, 0.6) is 5.75 Å². The van der Waals surface area contributed by atoms with Crippen LogP contribution in [0, 0.1) is 0 Å². The Kier molecular flexibility index (Phi) is 6.17. The van der Waals surface area contributed by atoms with E-state index >= 15 is 0 Å². The number of rotatable bonds is 7. The van der Waals surface area contributed by atoms with E-state index in [2.05, 4.69) is 10.3 Å². The van der Waals surface area contributed by atoms with E-state index in [9.17, 15) is 9.90 Å². The fraction of sp³-hybridized carbons (Fsp3) is 0.294. The molecule has 0 unspecified atom stereocenters. The van der Waals surface area contributed by atoms with Crippen molar-refractivity contribution in [3.63, 3.8) is 0 Å². The molecule has 0 atom stereocenters. The third kappa shape index (κ3) is 4.32. The van der Waals surface area contributed by atoms with Crippen molar-refractivity contribution in [3.05, 3.63) is 40.8 Å². The summed E-state index contributed by atoms with van der Waals surface area (Å²) in [4.78, 5) is 16.9. The van der Waals surface area contributed by atoms with Crippen LogP contribution in [-0.2, 0) is 4.74 Å². The molecule has 1 heterocycles. The molecule has 0 radical (unpaired) electrons. The number of aromatic hydroxyl groups is 1. The zero-order chi connectivity index (χ0) is 16.7. The van der Waals surface area contributed by atoms with Gasteiger partial charge in [-0.05, 0) is 25.5 Å². The second-order valence-electron chi connectivity index (χ2n) is 4.77. The minimum absolute atomic E-state index is 0.0910. The van der Waals surface area contributed by atoms with Crippen LogP contribution in [-0.4, -0.2) is 30.4 Å². The van der Waals surface area contributed by atoms with Crippen molar-refractivity contribution >= 4 is 34.2 Å². The first-order chi connectivity index (χ1) is 11.2. The highest BCUT2D eigenvalue weighted by Gasteiger charge is 2.24. The number of carbonyl (C=O) groups is 1. The van der Waals surface area contributed by atoms with Crippen LogP contribution in [0.3, 0.4) is 0 Å². The monoisotopic (exact) mass is 332 g/mol. The number of thiophene rings is 1. The fourth-order valence-corrected chi connectivity index (χ4v) is 2.93. The first-order valence-corrected chi connectivity index (χ1v) is 8.33. The molecular formula is C17H20N2O3S. The van der Waals surface area contributed by atoms with Gasteiger partial charge in [-0.25, -0.2) is 4.79 Å². The predicted octanol–water partition coefficient (Wildman–Crippen LogP) is 4.20. The van der Waals surface area contributed by atoms with E-state index in [1.54, 1.807) is 13.1 Å². The van der Waals surface area contributed by atoms with Gasteiger partial charge in [-0.1, -0.05) is 25.1 Å². The van der Waals surface area contributed by atoms with Gasteiger partial charge in [-0.15, -0.1) is 11.3 Å². The van der Waals surface area contributed by atoms with Gasteiger partial charge < -0.3 is 15.2 Å². The van der Waals surface area contributed by atoms with Crippen LogP contribution in [0.25, 0.3) is 0 Å². The van der Waals surface area contributed by atoms with Crippen molar-refractivity contribution in [1.82, 2.24) is 0 Å². The number of hydrogen-bond acceptors (Lipinski definition) is 6. The molecule has 1 aromatic heterocycles. The second kappa shape index (κ2) is 8.33. The predicted molar refractivity (Wildman–Crippen MR) is 94.4 cm³/mol. The summed E-state index contributed by atoms with van der Waals surface area (Å²) in [6, 6.07) is 9.46. The van der Waals surface area contributed by atoms with Crippen molar-refractivity contribution in [2.75, 3.05) is 18.5 Å². The Hall–Kier alpha value is -2.34. The lowest BCUT2D eigenvalue weighted by molar-refractivity contribution is 0.0525. The molecule has 0 fully saturated rings. The number of para-hydroxylation sites is 1. The van der Waals surface area contributed by atoms with Crippen LogP contribution in [0.4, 0.5) is 10.7 Å². The average molecular weight is 332 g/mol. The lowest BCUT2D eigenvalue weighted by atomic mass is 10.2. The molecule has 23 heavy (non-hydrogen) atoms. The van der Waals surface area contributed by atoms with E-state index in [4.69, 9.17) is 4.74 Å². The summed E-state index contributed by atoms with van der Waals surface area (Å²) in [6.45, 7) is 4.68. The summed E-state index contributed by atoms with van der Waals surface area (Å²) in [5.74, 6) is -0.637. The number of esters is 1. The third-order valence-corrected chi connectivity index (χ3v) is 4.01. The van der Waals surface area contributed by atoms with Crippen LogP contribution >= 0.6 is 11.3 Å². The molecule has 2 aromatic rings. The van der Waals surface area contributed by atoms with Gasteiger partial charge in [0, 0.05) is 18.4 Å². The molecule has 0 saturated carbocycles. The SMILES string of the molecule is CCCN=Cc1sc(Nc2ccccc2)c(C(=O)OCC)c1O. The van der Waals surface area contributed by atoms with Crippen LogP contribution in [0.1, 0.15) is 35.5 Å². The number of anilines is 2. The lowest BCUT2D eigenvalue weighted by Crippen LogP contribution is -2.06. The summed E-state index contributed by atoms with van der Waals surface area (Å²) >= 11 is 1.27. The average Bonchev–Trinajstić information content (AvgIpc) is 2.85. The Bertz CT molecular complexity index is 681.